The van der Waals surface area contributed by atoms with Crippen LogP contribution in [-0.2, 0) is 37.1 Å². The molecule has 0 aliphatic carbocycles. The second-order valence-corrected chi connectivity index (χ2v) is 13.9. The van der Waals surface area contributed by atoms with Gasteiger partial charge in [-0.05, 0) is 42.5 Å². The van der Waals surface area contributed by atoms with E-state index in [0.717, 1.165) is 11.1 Å². The lowest BCUT2D eigenvalue weighted by Gasteiger charge is -2.39. The average Bonchev–Trinajstić information content (AvgIpc) is 2.97. The van der Waals surface area contributed by atoms with Crippen LogP contribution in [-0.4, -0.2) is 68.5 Å². The largest absolute Gasteiger partial charge is 0.334 e. The van der Waals surface area contributed by atoms with Gasteiger partial charge in [0, 0.05) is 32.2 Å². The molecule has 0 radical (unpaired) electrons. The van der Waals surface area contributed by atoms with Crippen molar-refractivity contribution in [2.75, 3.05) is 26.2 Å². The number of hydrogen-bond donors (Lipinski definition) is 0. The molecule has 1 aliphatic rings. The molecule has 0 N–H and O–H groups in total. The van der Waals surface area contributed by atoms with E-state index < -0.39 is 20.0 Å². The van der Waals surface area contributed by atoms with Gasteiger partial charge in [0.05, 0.1) is 17.2 Å². The number of sulfonamides is 2. The lowest BCUT2D eigenvalue weighted by atomic mass is 10.0. The van der Waals surface area contributed by atoms with Crippen molar-refractivity contribution < 1.29 is 21.6 Å². The molecule has 0 bridgehead atoms. The second kappa shape index (κ2) is 13.5. The zero-order valence-corrected chi connectivity index (χ0v) is 24.4. The van der Waals surface area contributed by atoms with Crippen LogP contribution in [0.5, 0.6) is 0 Å². The first-order valence-corrected chi connectivity index (χ1v) is 16.7. The van der Waals surface area contributed by atoms with E-state index in [2.05, 4.69) is 0 Å². The number of carbonyl (C=O) groups is 1. The Hall–Kier alpha value is -3.05. The van der Waals surface area contributed by atoms with Gasteiger partial charge in [-0.3, -0.25) is 4.79 Å². The highest BCUT2D eigenvalue weighted by atomic mass is 32.2. The smallest absolute Gasteiger partial charge is 0.243 e. The highest BCUT2D eigenvalue weighted by Crippen LogP contribution is 2.24. The van der Waals surface area contributed by atoms with Crippen molar-refractivity contribution in [2.24, 2.45) is 0 Å². The van der Waals surface area contributed by atoms with Gasteiger partial charge in [-0.15, -0.1) is 0 Å². The summed E-state index contributed by atoms with van der Waals surface area (Å²) in [6, 6.07) is 26.6. The maximum Gasteiger partial charge on any atom is 0.243 e. The van der Waals surface area contributed by atoms with Crippen LogP contribution >= 0.6 is 0 Å². The molecule has 3 aromatic carbocycles. The van der Waals surface area contributed by atoms with E-state index in [9.17, 15) is 21.6 Å². The topological polar surface area (TPSA) is 95.1 Å². The molecule has 1 amide bonds. The average molecular weight is 584 g/mol. The molecule has 1 saturated heterocycles. The molecule has 0 atom stereocenters. The summed E-state index contributed by atoms with van der Waals surface area (Å²) in [4.78, 5) is 15.7. The van der Waals surface area contributed by atoms with Gasteiger partial charge in [-0.2, -0.15) is 4.31 Å². The Morgan fingerprint density at radius 1 is 0.800 bits per heavy atom. The summed E-state index contributed by atoms with van der Waals surface area (Å²) in [6.45, 7) is 2.76. The molecular formula is C30H37N3O5S2. The molecule has 8 nitrogen and oxygen atoms in total. The SMILES string of the molecule is CCCN(CC(=O)N(Cc1ccccc1)C1CCN(S(=O)(=O)Cc2ccccc2)CC1)S(=O)(=O)c1ccccc1. The van der Waals surface area contributed by atoms with E-state index in [-0.39, 0.29) is 35.7 Å². The van der Waals surface area contributed by atoms with Crippen LogP contribution in [0.15, 0.2) is 95.9 Å². The summed E-state index contributed by atoms with van der Waals surface area (Å²) in [6.07, 6.45) is 1.52. The van der Waals surface area contributed by atoms with Gasteiger partial charge in [-0.1, -0.05) is 85.8 Å². The summed E-state index contributed by atoms with van der Waals surface area (Å²) in [5, 5.41) is 0. The van der Waals surface area contributed by atoms with Crippen molar-refractivity contribution in [3.63, 3.8) is 0 Å². The monoisotopic (exact) mass is 583 g/mol. The van der Waals surface area contributed by atoms with E-state index in [1.165, 1.54) is 20.7 Å². The molecule has 1 heterocycles. The number of benzene rings is 3. The molecule has 0 saturated carbocycles. The second-order valence-electron chi connectivity index (χ2n) is 10.0. The minimum absolute atomic E-state index is 0.0610. The van der Waals surface area contributed by atoms with Gasteiger partial charge < -0.3 is 4.90 Å². The quantitative estimate of drug-likeness (QED) is 0.320. The minimum atomic E-state index is -3.85. The highest BCUT2D eigenvalue weighted by Gasteiger charge is 2.34. The maximum absolute atomic E-state index is 13.8. The molecule has 1 aliphatic heterocycles. The zero-order chi connectivity index (χ0) is 28.6. The van der Waals surface area contributed by atoms with Crippen molar-refractivity contribution in [1.82, 2.24) is 13.5 Å². The van der Waals surface area contributed by atoms with Gasteiger partial charge in [0.2, 0.25) is 26.0 Å². The first kappa shape index (κ1) is 29.9. The van der Waals surface area contributed by atoms with Crippen molar-refractivity contribution in [3.8, 4) is 0 Å². The van der Waals surface area contributed by atoms with Crippen molar-refractivity contribution in [2.45, 2.75) is 49.4 Å². The molecule has 4 rings (SSSR count). The Bertz CT molecular complexity index is 1440. The van der Waals surface area contributed by atoms with Crippen LogP contribution in [0, 0.1) is 0 Å². The fourth-order valence-corrected chi connectivity index (χ4v) is 8.09. The highest BCUT2D eigenvalue weighted by molar-refractivity contribution is 7.89. The maximum atomic E-state index is 13.8. The molecule has 0 aromatic heterocycles. The lowest BCUT2D eigenvalue weighted by Crippen LogP contribution is -2.51. The molecule has 10 heteroatoms. The fourth-order valence-electron chi connectivity index (χ4n) is 5.03. The van der Waals surface area contributed by atoms with Gasteiger partial charge in [0.25, 0.3) is 0 Å². The van der Waals surface area contributed by atoms with Crippen molar-refractivity contribution in [1.29, 1.82) is 0 Å². The van der Waals surface area contributed by atoms with Crippen LogP contribution in [0.25, 0.3) is 0 Å². The molecular weight excluding hydrogens is 546 g/mol. The molecule has 3 aromatic rings. The predicted octanol–water partition coefficient (Wildman–Crippen LogP) is 4.11. The predicted molar refractivity (Wildman–Crippen MR) is 156 cm³/mol. The van der Waals surface area contributed by atoms with E-state index in [1.807, 2.05) is 55.5 Å². The van der Waals surface area contributed by atoms with Crippen LogP contribution in [0.4, 0.5) is 0 Å². The Labute approximate surface area is 238 Å². The Morgan fingerprint density at radius 3 is 1.88 bits per heavy atom. The Balaban J connectivity index is 1.51. The third-order valence-electron chi connectivity index (χ3n) is 7.13. The van der Waals surface area contributed by atoms with Crippen LogP contribution in [0.3, 0.4) is 0 Å². The Kier molecular flexibility index (Phi) is 10.1. The normalized spacial score (nSPS) is 15.2. The fraction of sp³-hybridized carbons (Fsp3) is 0.367. The lowest BCUT2D eigenvalue weighted by molar-refractivity contribution is -0.135. The molecule has 1 fully saturated rings. The summed E-state index contributed by atoms with van der Waals surface area (Å²) in [5.74, 6) is -0.350. The third kappa shape index (κ3) is 7.57. The Morgan fingerprint density at radius 2 is 1.32 bits per heavy atom. The number of piperidine rings is 1. The third-order valence-corrected chi connectivity index (χ3v) is 10.8. The van der Waals surface area contributed by atoms with Gasteiger partial charge in [0.1, 0.15) is 0 Å². The molecule has 0 spiro atoms. The number of rotatable bonds is 12. The standard InChI is InChI=1S/C30H37N3O5S2/c1-2-20-32(40(37,38)29-16-10-5-11-17-29)24-30(34)33(23-26-12-6-3-7-13-26)28-18-21-31(22-19-28)39(35,36)25-27-14-8-4-9-15-27/h3-17,28H,2,18-25H2,1H3. The number of carbonyl (C=O) groups excluding carboxylic acids is 1. The first-order valence-electron chi connectivity index (χ1n) is 13.6. The van der Waals surface area contributed by atoms with Gasteiger partial charge in [-0.25, -0.2) is 21.1 Å². The van der Waals surface area contributed by atoms with E-state index in [4.69, 9.17) is 0 Å². The van der Waals surface area contributed by atoms with Crippen LogP contribution in [0.2, 0.25) is 0 Å². The zero-order valence-electron chi connectivity index (χ0n) is 22.8. The summed E-state index contributed by atoms with van der Waals surface area (Å²) < 4.78 is 55.7. The van der Waals surface area contributed by atoms with Crippen molar-refractivity contribution >= 4 is 26.0 Å². The summed E-state index contributed by atoms with van der Waals surface area (Å²) in [7, 11) is -7.35. The number of amides is 1. The molecule has 214 valence electrons. The van der Waals surface area contributed by atoms with Gasteiger partial charge >= 0.3 is 0 Å². The summed E-state index contributed by atoms with van der Waals surface area (Å²) in [5.41, 5.74) is 1.67. The van der Waals surface area contributed by atoms with E-state index in [0.29, 0.717) is 38.9 Å². The number of nitrogens with zero attached hydrogens (tertiary/aromatic N) is 3. The number of hydrogen-bond acceptors (Lipinski definition) is 5. The van der Waals surface area contributed by atoms with E-state index in [1.54, 1.807) is 35.2 Å². The first-order chi connectivity index (χ1) is 19.2. The molecule has 40 heavy (non-hydrogen) atoms. The van der Waals surface area contributed by atoms with E-state index >= 15 is 0 Å². The summed E-state index contributed by atoms with van der Waals surface area (Å²) >= 11 is 0. The van der Waals surface area contributed by atoms with Crippen LogP contribution < -0.4 is 0 Å². The van der Waals surface area contributed by atoms with Gasteiger partial charge in [0.15, 0.2) is 0 Å². The minimum Gasteiger partial charge on any atom is -0.334 e. The molecule has 0 unspecified atom stereocenters. The van der Waals surface area contributed by atoms with Crippen molar-refractivity contribution in [3.05, 3.63) is 102 Å². The van der Waals surface area contributed by atoms with Crippen LogP contribution in [0.1, 0.15) is 37.3 Å².